The van der Waals surface area contributed by atoms with Crippen LogP contribution in [0.1, 0.15) is 36.8 Å². The van der Waals surface area contributed by atoms with Crippen molar-refractivity contribution in [2.45, 2.75) is 43.4 Å². The first-order chi connectivity index (χ1) is 10.0. The molecular weight excluding hydrogens is 304 g/mol. The molecule has 0 N–H and O–H groups in total. The quantitative estimate of drug-likeness (QED) is 0.857. The highest BCUT2D eigenvalue weighted by molar-refractivity contribution is 7.91. The molecule has 1 aromatic carbocycles. The van der Waals surface area contributed by atoms with E-state index in [0.717, 1.165) is 24.2 Å². The summed E-state index contributed by atoms with van der Waals surface area (Å²) in [6.45, 7) is 0. The minimum Gasteiger partial charge on any atom is -0.254 e. The van der Waals surface area contributed by atoms with Crippen LogP contribution in [0, 0.1) is 5.92 Å². The van der Waals surface area contributed by atoms with Crippen molar-refractivity contribution in [1.29, 1.82) is 0 Å². The van der Waals surface area contributed by atoms with Crippen molar-refractivity contribution in [1.82, 2.24) is 0 Å². The van der Waals surface area contributed by atoms with Gasteiger partial charge in [-0.05, 0) is 67.7 Å². The Morgan fingerprint density at radius 3 is 2.62 bits per heavy atom. The predicted molar refractivity (Wildman–Crippen MR) is 85.7 cm³/mol. The maximum Gasteiger partial charge on any atom is 0.150 e. The number of hydrogen-bond acceptors (Lipinski definition) is 3. The molecule has 1 aliphatic heterocycles. The van der Waals surface area contributed by atoms with Gasteiger partial charge in [-0.1, -0.05) is 6.07 Å². The zero-order valence-electron chi connectivity index (χ0n) is 12.2. The van der Waals surface area contributed by atoms with Crippen LogP contribution in [0.5, 0.6) is 0 Å². The number of rotatable bonds is 3. The zero-order valence-corrected chi connectivity index (χ0v) is 13.8. The first kappa shape index (κ1) is 15.2. The van der Waals surface area contributed by atoms with Gasteiger partial charge in [-0.2, -0.15) is 0 Å². The van der Waals surface area contributed by atoms with Gasteiger partial charge in [0.05, 0.1) is 22.3 Å². The van der Waals surface area contributed by atoms with Gasteiger partial charge in [0, 0.05) is 10.6 Å². The second kappa shape index (κ2) is 6.21. The van der Waals surface area contributed by atoms with Gasteiger partial charge in [-0.25, -0.2) is 8.42 Å². The molecule has 0 radical (unpaired) electrons. The Hall–Kier alpha value is -0.680. The van der Waals surface area contributed by atoms with E-state index < -0.39 is 20.6 Å². The van der Waals surface area contributed by atoms with E-state index in [2.05, 4.69) is 12.1 Å². The molecule has 1 aromatic rings. The molecule has 5 heteroatoms. The summed E-state index contributed by atoms with van der Waals surface area (Å²) in [5.41, 5.74) is 2.73. The maximum atomic E-state index is 12.5. The normalized spacial score (nSPS) is 26.0. The van der Waals surface area contributed by atoms with E-state index in [4.69, 9.17) is 0 Å². The Bertz CT molecular complexity index is 649. The molecule has 0 bridgehead atoms. The van der Waals surface area contributed by atoms with E-state index in [1.807, 2.05) is 6.07 Å². The number of hydrogen-bond donors (Lipinski definition) is 0. The molecule has 2 atom stereocenters. The molecule has 116 valence electrons. The third kappa shape index (κ3) is 3.75. The highest BCUT2D eigenvalue weighted by Gasteiger charge is 2.26. The minimum atomic E-state index is -2.91. The molecule has 0 aromatic heterocycles. The fourth-order valence-corrected chi connectivity index (χ4v) is 6.73. The lowest BCUT2D eigenvalue weighted by Gasteiger charge is -2.22. The van der Waals surface area contributed by atoms with E-state index in [-0.39, 0.29) is 11.7 Å². The molecule has 1 aliphatic carbocycles. The van der Waals surface area contributed by atoms with Gasteiger partial charge in [0.25, 0.3) is 0 Å². The first-order valence-corrected chi connectivity index (χ1v) is 10.9. The van der Waals surface area contributed by atoms with Crippen LogP contribution in [-0.4, -0.2) is 29.9 Å². The molecule has 21 heavy (non-hydrogen) atoms. The Kier molecular flexibility index (Phi) is 4.50. The summed E-state index contributed by atoms with van der Waals surface area (Å²) in [4.78, 5) is 0.874. The van der Waals surface area contributed by atoms with Crippen LogP contribution in [0.3, 0.4) is 0 Å². The van der Waals surface area contributed by atoms with Crippen LogP contribution < -0.4 is 0 Å². The Morgan fingerprint density at radius 2 is 1.86 bits per heavy atom. The van der Waals surface area contributed by atoms with Crippen molar-refractivity contribution < 1.29 is 12.6 Å². The van der Waals surface area contributed by atoms with Crippen molar-refractivity contribution in [3.05, 3.63) is 29.3 Å². The standard InChI is InChI=1S/C16H22O3S2/c17-20(11-13-4-3-9-21(18,19)12-13)16-8-7-14-5-1-2-6-15(14)10-16/h7-8,10,13H,1-6,9,11-12H2. The predicted octanol–water partition coefficient (Wildman–Crippen LogP) is 2.50. The highest BCUT2D eigenvalue weighted by Crippen LogP contribution is 2.25. The molecule has 3 rings (SSSR count). The van der Waals surface area contributed by atoms with Gasteiger partial charge in [-0.15, -0.1) is 0 Å². The summed E-state index contributed by atoms with van der Waals surface area (Å²) < 4.78 is 35.9. The molecular formula is C16H22O3S2. The molecule has 0 spiro atoms. The van der Waals surface area contributed by atoms with Gasteiger partial charge in [0.2, 0.25) is 0 Å². The summed E-state index contributed by atoms with van der Waals surface area (Å²) in [5.74, 6) is 1.05. The summed E-state index contributed by atoms with van der Waals surface area (Å²) >= 11 is 0. The first-order valence-electron chi connectivity index (χ1n) is 7.74. The highest BCUT2D eigenvalue weighted by atomic mass is 32.2. The van der Waals surface area contributed by atoms with Crippen LogP contribution in [0.25, 0.3) is 0 Å². The van der Waals surface area contributed by atoms with E-state index in [1.54, 1.807) is 0 Å². The molecule has 0 saturated carbocycles. The Balaban J connectivity index is 1.70. The lowest BCUT2D eigenvalue weighted by molar-refractivity contribution is 0.517. The van der Waals surface area contributed by atoms with Gasteiger partial charge >= 0.3 is 0 Å². The van der Waals surface area contributed by atoms with Crippen LogP contribution >= 0.6 is 0 Å². The zero-order chi connectivity index (χ0) is 14.9. The maximum absolute atomic E-state index is 12.5. The Morgan fingerprint density at radius 1 is 1.10 bits per heavy atom. The molecule has 0 amide bonds. The van der Waals surface area contributed by atoms with Crippen LogP contribution in [-0.2, 0) is 33.5 Å². The van der Waals surface area contributed by atoms with E-state index in [9.17, 15) is 12.6 Å². The smallest absolute Gasteiger partial charge is 0.150 e. The van der Waals surface area contributed by atoms with Gasteiger partial charge in [0.15, 0.2) is 9.84 Å². The van der Waals surface area contributed by atoms with Crippen molar-refractivity contribution in [2.24, 2.45) is 5.92 Å². The minimum absolute atomic E-state index is 0.0561. The second-order valence-corrected chi connectivity index (χ2v) is 10.00. The number of sulfone groups is 1. The lowest BCUT2D eigenvalue weighted by atomic mass is 9.92. The van der Waals surface area contributed by atoms with Crippen molar-refractivity contribution >= 4 is 20.6 Å². The van der Waals surface area contributed by atoms with Gasteiger partial charge < -0.3 is 0 Å². The molecule has 3 nitrogen and oxygen atoms in total. The van der Waals surface area contributed by atoms with Crippen molar-refractivity contribution in [2.75, 3.05) is 17.3 Å². The lowest BCUT2D eigenvalue weighted by Crippen LogP contribution is -2.28. The molecule has 1 heterocycles. The number of benzene rings is 1. The monoisotopic (exact) mass is 326 g/mol. The van der Waals surface area contributed by atoms with E-state index in [0.29, 0.717) is 17.9 Å². The third-order valence-electron chi connectivity index (χ3n) is 4.53. The van der Waals surface area contributed by atoms with Crippen molar-refractivity contribution in [3.8, 4) is 0 Å². The molecule has 1 fully saturated rings. The van der Waals surface area contributed by atoms with Crippen molar-refractivity contribution in [3.63, 3.8) is 0 Å². The SMILES string of the molecule is O=S(CC1CCCS(=O)(=O)C1)c1ccc2c(c1)CCCC2. The van der Waals surface area contributed by atoms with E-state index in [1.165, 1.54) is 24.0 Å². The van der Waals surface area contributed by atoms with Crippen LogP contribution in [0.4, 0.5) is 0 Å². The van der Waals surface area contributed by atoms with Crippen LogP contribution in [0.2, 0.25) is 0 Å². The fourth-order valence-electron chi connectivity index (χ4n) is 3.41. The summed E-state index contributed by atoms with van der Waals surface area (Å²) in [5, 5.41) is 0. The fraction of sp³-hybridized carbons (Fsp3) is 0.625. The summed E-state index contributed by atoms with van der Waals surface area (Å²) in [6.07, 6.45) is 6.27. The topological polar surface area (TPSA) is 51.2 Å². The Labute approximate surface area is 129 Å². The average Bonchev–Trinajstić information content (AvgIpc) is 2.45. The summed E-state index contributed by atoms with van der Waals surface area (Å²) in [6, 6.07) is 6.17. The van der Waals surface area contributed by atoms with Gasteiger partial charge in [-0.3, -0.25) is 4.21 Å². The van der Waals surface area contributed by atoms with Crippen LogP contribution in [0.15, 0.2) is 23.1 Å². The molecule has 2 aliphatic rings. The number of aryl methyl sites for hydroxylation is 2. The molecule has 1 saturated heterocycles. The molecule has 2 unspecified atom stereocenters. The largest absolute Gasteiger partial charge is 0.254 e. The average molecular weight is 326 g/mol. The third-order valence-corrected chi connectivity index (χ3v) is 7.97. The summed E-state index contributed by atoms with van der Waals surface area (Å²) in [7, 11) is -3.99. The number of fused-ring (bicyclic) bond motifs is 1. The second-order valence-electron chi connectivity index (χ2n) is 6.27. The van der Waals surface area contributed by atoms with Gasteiger partial charge in [0.1, 0.15) is 0 Å². The van der Waals surface area contributed by atoms with E-state index >= 15 is 0 Å².